The molecule has 3 aromatic heterocycles. The Kier molecular flexibility index (Phi) is 6.69. The minimum absolute atomic E-state index is 0.223. The third kappa shape index (κ3) is 4.70. The minimum Gasteiger partial charge on any atom is -0.497 e. The SMILES string of the molecule is COc1ccc(-c2c(OC(=O)O)n(Cc3ccc4nsnc4c3)c3c2sc2ccccc23)c(OCc2ccccc2)c1. The van der Waals surface area contributed by atoms with Crippen LogP contribution in [0.25, 0.3) is 42.5 Å². The molecular weight excluding hydrogens is 571 g/mol. The van der Waals surface area contributed by atoms with Crippen LogP contribution in [0.15, 0.2) is 91.0 Å². The molecule has 0 bridgehead atoms. The number of carbonyl (C=O) groups is 1. The second-order valence-corrected chi connectivity index (χ2v) is 11.2. The van der Waals surface area contributed by atoms with E-state index in [4.69, 9.17) is 14.2 Å². The molecule has 7 rings (SSSR count). The highest BCUT2D eigenvalue weighted by Gasteiger charge is 2.28. The van der Waals surface area contributed by atoms with Gasteiger partial charge < -0.3 is 23.9 Å². The number of methoxy groups -OCH3 is 1. The fourth-order valence-electron chi connectivity index (χ4n) is 5.18. The van der Waals surface area contributed by atoms with Gasteiger partial charge in [0.15, 0.2) is 0 Å². The Bertz CT molecular complexity index is 2080. The van der Waals surface area contributed by atoms with Gasteiger partial charge in [0, 0.05) is 21.7 Å². The van der Waals surface area contributed by atoms with Crippen molar-refractivity contribution in [1.29, 1.82) is 0 Å². The first-order valence-corrected chi connectivity index (χ1v) is 14.6. The lowest BCUT2D eigenvalue weighted by Crippen LogP contribution is -2.10. The smallest absolute Gasteiger partial charge is 0.497 e. The Balaban J connectivity index is 1.46. The molecule has 0 aliphatic carbocycles. The van der Waals surface area contributed by atoms with Gasteiger partial charge in [-0.15, -0.1) is 11.3 Å². The van der Waals surface area contributed by atoms with E-state index >= 15 is 0 Å². The molecule has 0 spiro atoms. The number of nitrogens with zero attached hydrogens (tertiary/aromatic N) is 3. The van der Waals surface area contributed by atoms with E-state index in [1.807, 2.05) is 89.5 Å². The van der Waals surface area contributed by atoms with E-state index in [-0.39, 0.29) is 5.88 Å². The topological polar surface area (TPSA) is 95.7 Å². The van der Waals surface area contributed by atoms with Gasteiger partial charge >= 0.3 is 6.16 Å². The van der Waals surface area contributed by atoms with E-state index < -0.39 is 6.16 Å². The van der Waals surface area contributed by atoms with Crippen LogP contribution < -0.4 is 14.2 Å². The van der Waals surface area contributed by atoms with E-state index in [9.17, 15) is 9.90 Å². The van der Waals surface area contributed by atoms with Crippen LogP contribution in [-0.2, 0) is 13.2 Å². The molecule has 8 nitrogen and oxygen atoms in total. The molecule has 1 N–H and O–H groups in total. The van der Waals surface area contributed by atoms with Gasteiger partial charge in [-0.25, -0.2) is 4.79 Å². The highest BCUT2D eigenvalue weighted by Crippen LogP contribution is 2.50. The maximum atomic E-state index is 12.2. The summed E-state index contributed by atoms with van der Waals surface area (Å²) in [7, 11) is 1.60. The number of carboxylic acid groups (broad SMARTS) is 1. The first kappa shape index (κ1) is 26.0. The first-order chi connectivity index (χ1) is 20.6. The lowest BCUT2D eigenvalue weighted by atomic mass is 10.1. The zero-order valence-corrected chi connectivity index (χ0v) is 23.9. The molecule has 0 atom stereocenters. The highest BCUT2D eigenvalue weighted by atomic mass is 32.1. The molecule has 0 radical (unpaired) electrons. The molecule has 0 amide bonds. The van der Waals surface area contributed by atoms with Crippen molar-refractivity contribution in [2.45, 2.75) is 13.2 Å². The molecule has 0 aliphatic rings. The minimum atomic E-state index is -1.40. The summed E-state index contributed by atoms with van der Waals surface area (Å²) in [6, 6.07) is 29.4. The summed E-state index contributed by atoms with van der Waals surface area (Å²) in [4.78, 5) is 12.2. The average molecular weight is 594 g/mol. The number of hydrogen-bond acceptors (Lipinski definition) is 8. The summed E-state index contributed by atoms with van der Waals surface area (Å²) >= 11 is 2.75. The lowest BCUT2D eigenvalue weighted by Gasteiger charge is -2.15. The van der Waals surface area contributed by atoms with Crippen molar-refractivity contribution < 1.29 is 24.1 Å². The first-order valence-electron chi connectivity index (χ1n) is 13.1. The van der Waals surface area contributed by atoms with E-state index in [0.29, 0.717) is 35.8 Å². The summed E-state index contributed by atoms with van der Waals surface area (Å²) in [5.41, 5.74) is 5.81. The Labute approximate surface area is 248 Å². The number of rotatable bonds is 8. The number of thiophene rings is 1. The largest absolute Gasteiger partial charge is 0.512 e. The summed E-state index contributed by atoms with van der Waals surface area (Å²) in [5, 5.41) is 10.9. The lowest BCUT2D eigenvalue weighted by molar-refractivity contribution is 0.141. The fourth-order valence-corrected chi connectivity index (χ4v) is 6.95. The van der Waals surface area contributed by atoms with Crippen molar-refractivity contribution in [2.75, 3.05) is 7.11 Å². The molecule has 3 heterocycles. The van der Waals surface area contributed by atoms with E-state index in [1.54, 1.807) is 18.4 Å². The van der Waals surface area contributed by atoms with Crippen LogP contribution in [0.5, 0.6) is 17.4 Å². The van der Waals surface area contributed by atoms with E-state index in [2.05, 4.69) is 14.8 Å². The monoisotopic (exact) mass is 593 g/mol. The van der Waals surface area contributed by atoms with Crippen molar-refractivity contribution in [3.63, 3.8) is 0 Å². The molecular formula is C32H23N3O5S2. The summed E-state index contributed by atoms with van der Waals surface area (Å²) in [6.45, 7) is 0.692. The van der Waals surface area contributed by atoms with Gasteiger partial charge in [0.05, 0.1) is 41.2 Å². The molecule has 42 heavy (non-hydrogen) atoms. The predicted molar refractivity (Wildman–Crippen MR) is 165 cm³/mol. The summed E-state index contributed by atoms with van der Waals surface area (Å²) in [5.74, 6) is 1.40. The third-order valence-corrected chi connectivity index (χ3v) is 8.80. The Hall–Kier alpha value is -4.93. The molecule has 0 fully saturated rings. The Morgan fingerprint density at radius 1 is 0.905 bits per heavy atom. The molecule has 0 saturated heterocycles. The van der Waals surface area contributed by atoms with Gasteiger partial charge in [-0.1, -0.05) is 54.6 Å². The standard InChI is InChI=1S/C32H23N3O5S2/c1-38-21-12-13-22(26(16-21)39-18-19-7-3-2-4-8-19)28-30-29(23-9-5-6-10-27(23)41-30)35(31(28)40-32(36)37)17-20-11-14-24-25(15-20)34-42-33-24/h2-16H,17-18H2,1H3,(H,36,37). The zero-order chi connectivity index (χ0) is 28.6. The second kappa shape index (κ2) is 10.8. The van der Waals surface area contributed by atoms with Crippen molar-refractivity contribution in [2.24, 2.45) is 0 Å². The van der Waals surface area contributed by atoms with Gasteiger partial charge in [0.2, 0.25) is 5.88 Å². The maximum Gasteiger partial charge on any atom is 0.512 e. The van der Waals surface area contributed by atoms with Gasteiger partial charge in [-0.05, 0) is 41.5 Å². The van der Waals surface area contributed by atoms with Crippen molar-refractivity contribution >= 4 is 60.6 Å². The van der Waals surface area contributed by atoms with Crippen LogP contribution in [0.2, 0.25) is 0 Å². The summed E-state index contributed by atoms with van der Waals surface area (Å²) in [6.07, 6.45) is -1.40. The van der Waals surface area contributed by atoms with Crippen LogP contribution in [0.1, 0.15) is 11.1 Å². The molecule has 208 valence electrons. The number of aromatic nitrogens is 3. The highest BCUT2D eigenvalue weighted by molar-refractivity contribution is 7.26. The molecule has 10 heteroatoms. The Morgan fingerprint density at radius 3 is 2.55 bits per heavy atom. The molecule has 7 aromatic rings. The maximum absolute atomic E-state index is 12.2. The van der Waals surface area contributed by atoms with Crippen LogP contribution >= 0.6 is 23.1 Å². The predicted octanol–water partition coefficient (Wildman–Crippen LogP) is 8.22. The average Bonchev–Trinajstić information content (AvgIpc) is 3.70. The second-order valence-electron chi connectivity index (χ2n) is 9.63. The van der Waals surface area contributed by atoms with Gasteiger partial charge in [-0.3, -0.25) is 0 Å². The number of hydrogen-bond donors (Lipinski definition) is 1. The fraction of sp³-hybridized carbons (Fsp3) is 0.0938. The third-order valence-electron chi connectivity index (χ3n) is 7.06. The van der Waals surface area contributed by atoms with Crippen molar-refractivity contribution in [3.8, 4) is 28.5 Å². The van der Waals surface area contributed by atoms with E-state index in [0.717, 1.165) is 54.2 Å². The quantitative estimate of drug-likeness (QED) is 0.177. The van der Waals surface area contributed by atoms with Gasteiger partial charge in [0.25, 0.3) is 0 Å². The van der Waals surface area contributed by atoms with Crippen LogP contribution in [-0.4, -0.2) is 31.7 Å². The van der Waals surface area contributed by atoms with Crippen LogP contribution in [0.4, 0.5) is 4.79 Å². The van der Waals surface area contributed by atoms with Crippen LogP contribution in [0.3, 0.4) is 0 Å². The zero-order valence-electron chi connectivity index (χ0n) is 22.3. The van der Waals surface area contributed by atoms with Gasteiger partial charge in [0.1, 0.15) is 29.1 Å². The normalized spacial score (nSPS) is 11.4. The van der Waals surface area contributed by atoms with E-state index in [1.165, 1.54) is 0 Å². The van der Waals surface area contributed by atoms with Crippen LogP contribution in [0, 0.1) is 0 Å². The number of fused-ring (bicyclic) bond motifs is 4. The molecule has 0 unspecified atom stereocenters. The molecule has 0 saturated carbocycles. The van der Waals surface area contributed by atoms with Crippen molar-refractivity contribution in [1.82, 2.24) is 13.3 Å². The molecule has 0 aliphatic heterocycles. The molecule has 4 aromatic carbocycles. The summed E-state index contributed by atoms with van der Waals surface area (Å²) < 4.78 is 30.1. The van der Waals surface area contributed by atoms with Gasteiger partial charge in [-0.2, -0.15) is 8.75 Å². The Morgan fingerprint density at radius 2 is 1.71 bits per heavy atom. The van der Waals surface area contributed by atoms with Crippen molar-refractivity contribution in [3.05, 3.63) is 102 Å². The number of benzene rings is 4. The number of ether oxygens (including phenoxy) is 3.